The lowest BCUT2D eigenvalue weighted by molar-refractivity contribution is -0.116. The molecule has 0 bridgehead atoms. The molecule has 0 aliphatic carbocycles. The summed E-state index contributed by atoms with van der Waals surface area (Å²) in [5.74, 6) is 0.254. The molecule has 2 N–H and O–H groups in total. The number of benzene rings is 1. The minimum Gasteiger partial charge on any atom is -0.508 e. The Morgan fingerprint density at radius 3 is 2.80 bits per heavy atom. The van der Waals surface area contributed by atoms with Gasteiger partial charge in [0.05, 0.1) is 0 Å². The fourth-order valence-corrected chi connectivity index (χ4v) is 1.34. The highest BCUT2D eigenvalue weighted by molar-refractivity contribution is 5.91. The molecule has 82 valence electrons. The number of phenolic OH excluding ortho intramolecular Hbond substituents is 1. The predicted molar refractivity (Wildman–Crippen MR) is 61.0 cm³/mol. The van der Waals surface area contributed by atoms with E-state index in [4.69, 9.17) is 0 Å². The van der Waals surface area contributed by atoms with Gasteiger partial charge in [-0.25, -0.2) is 0 Å². The fraction of sp³-hybridized carbons (Fsp3) is 0.417. The van der Waals surface area contributed by atoms with E-state index in [1.165, 1.54) is 0 Å². The van der Waals surface area contributed by atoms with Gasteiger partial charge in [-0.1, -0.05) is 13.3 Å². The van der Waals surface area contributed by atoms with Gasteiger partial charge in [0.1, 0.15) is 5.75 Å². The molecule has 0 heterocycles. The molecule has 3 heteroatoms. The molecule has 1 aromatic rings. The number of aryl methyl sites for hydroxylation is 1. The summed E-state index contributed by atoms with van der Waals surface area (Å²) >= 11 is 0. The molecule has 0 saturated carbocycles. The average molecular weight is 207 g/mol. The lowest BCUT2D eigenvalue weighted by Gasteiger charge is -2.08. The van der Waals surface area contributed by atoms with Gasteiger partial charge in [-0.3, -0.25) is 4.79 Å². The quantitative estimate of drug-likeness (QED) is 0.746. The van der Waals surface area contributed by atoms with Crippen LogP contribution in [-0.2, 0) is 4.79 Å². The molecule has 0 atom stereocenters. The van der Waals surface area contributed by atoms with E-state index in [1.54, 1.807) is 18.2 Å². The monoisotopic (exact) mass is 207 g/mol. The van der Waals surface area contributed by atoms with Crippen LogP contribution >= 0.6 is 0 Å². The molecule has 15 heavy (non-hydrogen) atoms. The zero-order chi connectivity index (χ0) is 11.3. The van der Waals surface area contributed by atoms with Crippen molar-refractivity contribution in [3.63, 3.8) is 0 Å². The summed E-state index contributed by atoms with van der Waals surface area (Å²) in [7, 11) is 0. The standard InChI is InChI=1S/C12H17NO2/c1-3-4-5-12(15)13-11-7-6-10(14)8-9(11)2/h6-8,14H,3-5H2,1-2H3,(H,13,15). The second-order valence-electron chi connectivity index (χ2n) is 3.65. The lowest BCUT2D eigenvalue weighted by atomic mass is 10.2. The summed E-state index contributed by atoms with van der Waals surface area (Å²) in [4.78, 5) is 11.4. The Morgan fingerprint density at radius 1 is 1.47 bits per heavy atom. The fourth-order valence-electron chi connectivity index (χ4n) is 1.34. The van der Waals surface area contributed by atoms with Gasteiger partial charge in [-0.05, 0) is 37.1 Å². The summed E-state index contributed by atoms with van der Waals surface area (Å²) < 4.78 is 0. The third-order valence-corrected chi connectivity index (χ3v) is 2.24. The highest BCUT2D eigenvalue weighted by Crippen LogP contribution is 2.20. The van der Waals surface area contributed by atoms with Gasteiger partial charge >= 0.3 is 0 Å². The van der Waals surface area contributed by atoms with Gasteiger partial charge in [-0.15, -0.1) is 0 Å². The van der Waals surface area contributed by atoms with Crippen LogP contribution in [0.5, 0.6) is 5.75 Å². The van der Waals surface area contributed by atoms with Gasteiger partial charge < -0.3 is 10.4 Å². The Kier molecular flexibility index (Phi) is 4.16. The largest absolute Gasteiger partial charge is 0.508 e. The number of rotatable bonds is 4. The number of anilines is 1. The minimum atomic E-state index is 0.0330. The van der Waals surface area contributed by atoms with Crippen LogP contribution in [0.1, 0.15) is 31.7 Å². The molecule has 0 aliphatic rings. The number of phenols is 1. The Hall–Kier alpha value is -1.51. The van der Waals surface area contributed by atoms with Crippen molar-refractivity contribution in [1.82, 2.24) is 0 Å². The molecule has 0 saturated heterocycles. The number of hydrogen-bond donors (Lipinski definition) is 2. The molecule has 1 amide bonds. The molecule has 0 spiro atoms. The highest BCUT2D eigenvalue weighted by atomic mass is 16.3. The first-order valence-corrected chi connectivity index (χ1v) is 5.23. The number of hydrogen-bond acceptors (Lipinski definition) is 2. The summed E-state index contributed by atoms with van der Waals surface area (Å²) in [6.07, 6.45) is 2.47. The predicted octanol–water partition coefficient (Wildman–Crippen LogP) is 2.83. The van der Waals surface area contributed by atoms with Crippen LogP contribution in [-0.4, -0.2) is 11.0 Å². The van der Waals surface area contributed by atoms with E-state index < -0.39 is 0 Å². The second-order valence-corrected chi connectivity index (χ2v) is 3.65. The molecule has 1 aromatic carbocycles. The molecule has 0 unspecified atom stereocenters. The van der Waals surface area contributed by atoms with Crippen molar-refractivity contribution in [1.29, 1.82) is 0 Å². The van der Waals surface area contributed by atoms with Crippen LogP contribution in [0.25, 0.3) is 0 Å². The summed E-state index contributed by atoms with van der Waals surface area (Å²) in [6, 6.07) is 4.92. The number of nitrogens with one attached hydrogen (secondary N) is 1. The van der Waals surface area contributed by atoms with Gasteiger partial charge in [-0.2, -0.15) is 0 Å². The smallest absolute Gasteiger partial charge is 0.224 e. The zero-order valence-corrected chi connectivity index (χ0v) is 9.21. The van der Waals surface area contributed by atoms with Crippen molar-refractivity contribution in [2.75, 3.05) is 5.32 Å². The van der Waals surface area contributed by atoms with Crippen molar-refractivity contribution >= 4 is 11.6 Å². The van der Waals surface area contributed by atoms with Crippen LogP contribution in [0.4, 0.5) is 5.69 Å². The SMILES string of the molecule is CCCCC(=O)Nc1ccc(O)cc1C. The van der Waals surface area contributed by atoms with E-state index in [1.807, 2.05) is 6.92 Å². The van der Waals surface area contributed by atoms with E-state index in [2.05, 4.69) is 12.2 Å². The van der Waals surface area contributed by atoms with Crippen LogP contribution in [0.15, 0.2) is 18.2 Å². The maximum atomic E-state index is 11.4. The van der Waals surface area contributed by atoms with Crippen LogP contribution in [0.3, 0.4) is 0 Å². The Bertz CT molecular complexity index is 347. The molecule has 0 aromatic heterocycles. The first-order valence-electron chi connectivity index (χ1n) is 5.23. The number of carbonyl (C=O) groups is 1. The summed E-state index contributed by atoms with van der Waals surface area (Å²) in [5.41, 5.74) is 1.65. The maximum absolute atomic E-state index is 11.4. The van der Waals surface area contributed by atoms with Crippen LogP contribution in [0.2, 0.25) is 0 Å². The third kappa shape index (κ3) is 3.62. The molecule has 3 nitrogen and oxygen atoms in total. The van der Waals surface area contributed by atoms with Gasteiger partial charge in [0.25, 0.3) is 0 Å². The van der Waals surface area contributed by atoms with Gasteiger partial charge in [0.2, 0.25) is 5.91 Å². The van der Waals surface area contributed by atoms with Crippen molar-refractivity contribution in [3.05, 3.63) is 23.8 Å². The first-order chi connectivity index (χ1) is 7.13. The van der Waals surface area contributed by atoms with Crippen molar-refractivity contribution in [2.45, 2.75) is 33.1 Å². The summed E-state index contributed by atoms with van der Waals surface area (Å²) in [6.45, 7) is 3.91. The highest BCUT2D eigenvalue weighted by Gasteiger charge is 2.04. The normalized spacial score (nSPS) is 10.0. The second kappa shape index (κ2) is 5.39. The lowest BCUT2D eigenvalue weighted by Crippen LogP contribution is -2.11. The Balaban J connectivity index is 2.60. The van der Waals surface area contributed by atoms with Gasteiger partial charge in [0.15, 0.2) is 0 Å². The van der Waals surface area contributed by atoms with E-state index >= 15 is 0 Å². The zero-order valence-electron chi connectivity index (χ0n) is 9.21. The Labute approximate surface area is 90.1 Å². The van der Waals surface area contributed by atoms with Crippen LogP contribution < -0.4 is 5.32 Å². The van der Waals surface area contributed by atoms with Gasteiger partial charge in [0, 0.05) is 12.1 Å². The number of amides is 1. The van der Waals surface area contributed by atoms with E-state index in [-0.39, 0.29) is 11.7 Å². The molecule has 0 radical (unpaired) electrons. The molecule has 0 aliphatic heterocycles. The summed E-state index contributed by atoms with van der Waals surface area (Å²) in [5, 5.41) is 12.0. The third-order valence-electron chi connectivity index (χ3n) is 2.24. The topological polar surface area (TPSA) is 49.3 Å². The maximum Gasteiger partial charge on any atom is 0.224 e. The number of aromatic hydroxyl groups is 1. The van der Waals surface area contributed by atoms with E-state index in [0.717, 1.165) is 24.1 Å². The van der Waals surface area contributed by atoms with Crippen molar-refractivity contribution < 1.29 is 9.90 Å². The average Bonchev–Trinajstić information content (AvgIpc) is 2.19. The number of carbonyl (C=O) groups excluding carboxylic acids is 1. The Morgan fingerprint density at radius 2 is 2.20 bits per heavy atom. The molecule has 1 rings (SSSR count). The first kappa shape index (κ1) is 11.6. The molecular weight excluding hydrogens is 190 g/mol. The molecular formula is C12H17NO2. The van der Waals surface area contributed by atoms with E-state index in [9.17, 15) is 9.90 Å². The van der Waals surface area contributed by atoms with E-state index in [0.29, 0.717) is 6.42 Å². The number of unbranched alkanes of at least 4 members (excludes halogenated alkanes) is 1. The van der Waals surface area contributed by atoms with Crippen molar-refractivity contribution in [2.24, 2.45) is 0 Å². The molecule has 0 fully saturated rings. The van der Waals surface area contributed by atoms with Crippen LogP contribution in [0, 0.1) is 6.92 Å². The van der Waals surface area contributed by atoms with Crippen molar-refractivity contribution in [3.8, 4) is 5.75 Å². The minimum absolute atomic E-state index is 0.0330.